The van der Waals surface area contributed by atoms with Crippen molar-refractivity contribution in [3.05, 3.63) is 70.4 Å². The highest BCUT2D eigenvalue weighted by Crippen LogP contribution is 2.34. The standard InChI is InChI=1S/C26H25Cl2N3O4S/c1-3-4-8-23(32)30-20-12-9-16(15-22(20)34-2)29-26(36)31-24(33)14-11-17-10-13-21(35-17)18-6-5-7-19(27)25(18)28/h5-7,9-15H,3-4,8H2,1-2H3,(H,30,32)(H2,29,31,33,36). The number of anilines is 2. The zero-order chi connectivity index (χ0) is 26.1. The Balaban J connectivity index is 1.57. The number of ether oxygens (including phenoxy) is 1. The number of hydrogen-bond donors (Lipinski definition) is 3. The Labute approximate surface area is 224 Å². The molecule has 0 aliphatic heterocycles. The summed E-state index contributed by atoms with van der Waals surface area (Å²) in [5, 5.41) is 9.23. The van der Waals surface area contributed by atoms with Crippen LogP contribution in [0.25, 0.3) is 17.4 Å². The molecule has 0 saturated heterocycles. The van der Waals surface area contributed by atoms with E-state index in [1.54, 1.807) is 48.5 Å². The van der Waals surface area contributed by atoms with Crippen LogP contribution < -0.4 is 20.7 Å². The average molecular weight is 546 g/mol. The van der Waals surface area contributed by atoms with Gasteiger partial charge in [-0.05, 0) is 61.1 Å². The first kappa shape index (κ1) is 27.3. The van der Waals surface area contributed by atoms with Crippen LogP contribution in [0.2, 0.25) is 10.0 Å². The number of nitrogens with one attached hydrogen (secondary N) is 3. The number of furan rings is 1. The summed E-state index contributed by atoms with van der Waals surface area (Å²) in [6.45, 7) is 2.03. The van der Waals surface area contributed by atoms with Gasteiger partial charge < -0.3 is 19.8 Å². The molecular weight excluding hydrogens is 521 g/mol. The summed E-state index contributed by atoms with van der Waals surface area (Å²) in [5.41, 5.74) is 1.79. The molecule has 0 fully saturated rings. The van der Waals surface area contributed by atoms with Gasteiger partial charge >= 0.3 is 0 Å². The van der Waals surface area contributed by atoms with Gasteiger partial charge in [0.2, 0.25) is 11.8 Å². The van der Waals surface area contributed by atoms with E-state index in [1.165, 1.54) is 19.3 Å². The van der Waals surface area contributed by atoms with Crippen molar-refractivity contribution in [1.29, 1.82) is 0 Å². The number of amides is 2. The summed E-state index contributed by atoms with van der Waals surface area (Å²) in [7, 11) is 1.51. The van der Waals surface area contributed by atoms with Crippen LogP contribution in [-0.2, 0) is 9.59 Å². The lowest BCUT2D eigenvalue weighted by Gasteiger charge is -2.13. The number of unbranched alkanes of at least 4 members (excludes halogenated alkanes) is 1. The second-order valence-electron chi connectivity index (χ2n) is 7.65. The minimum atomic E-state index is -0.446. The van der Waals surface area contributed by atoms with Crippen LogP contribution in [-0.4, -0.2) is 24.0 Å². The van der Waals surface area contributed by atoms with Gasteiger partial charge in [0, 0.05) is 29.8 Å². The fourth-order valence-corrected chi connectivity index (χ4v) is 3.79. The monoisotopic (exact) mass is 545 g/mol. The third-order valence-electron chi connectivity index (χ3n) is 4.97. The molecule has 36 heavy (non-hydrogen) atoms. The molecule has 3 N–H and O–H groups in total. The van der Waals surface area contributed by atoms with Crippen molar-refractivity contribution in [1.82, 2.24) is 5.32 Å². The molecule has 0 aliphatic rings. The molecular formula is C26H25Cl2N3O4S. The summed E-state index contributed by atoms with van der Waals surface area (Å²) in [6, 6.07) is 13.8. The number of rotatable bonds is 9. The Morgan fingerprint density at radius 2 is 1.92 bits per heavy atom. The van der Waals surface area contributed by atoms with E-state index in [4.69, 9.17) is 44.6 Å². The molecule has 3 rings (SSSR count). The Hall–Kier alpha value is -3.33. The molecule has 2 amide bonds. The predicted octanol–water partition coefficient (Wildman–Crippen LogP) is 6.92. The number of hydrogen-bond acceptors (Lipinski definition) is 5. The second kappa shape index (κ2) is 13.1. The highest BCUT2D eigenvalue weighted by molar-refractivity contribution is 7.80. The van der Waals surface area contributed by atoms with Crippen molar-refractivity contribution < 1.29 is 18.7 Å². The fraction of sp³-hybridized carbons (Fsp3) is 0.192. The molecule has 188 valence electrons. The summed E-state index contributed by atoms with van der Waals surface area (Å²) < 4.78 is 11.1. The number of benzene rings is 2. The number of halogens is 2. The molecule has 1 heterocycles. The maximum atomic E-state index is 12.3. The molecule has 0 radical (unpaired) electrons. The van der Waals surface area contributed by atoms with Gasteiger partial charge in [-0.15, -0.1) is 0 Å². The molecule has 0 spiro atoms. The third kappa shape index (κ3) is 7.58. The van der Waals surface area contributed by atoms with Crippen LogP contribution in [0.3, 0.4) is 0 Å². The van der Waals surface area contributed by atoms with E-state index in [-0.39, 0.29) is 11.0 Å². The predicted molar refractivity (Wildman–Crippen MR) is 149 cm³/mol. The zero-order valence-electron chi connectivity index (χ0n) is 19.7. The normalized spacial score (nSPS) is 10.8. The van der Waals surface area contributed by atoms with Gasteiger partial charge in [-0.1, -0.05) is 42.6 Å². The molecule has 0 saturated carbocycles. The van der Waals surface area contributed by atoms with Gasteiger partial charge in [0.1, 0.15) is 17.3 Å². The molecule has 3 aromatic rings. The van der Waals surface area contributed by atoms with Gasteiger partial charge in [-0.3, -0.25) is 14.9 Å². The van der Waals surface area contributed by atoms with Gasteiger partial charge in [0.25, 0.3) is 0 Å². The summed E-state index contributed by atoms with van der Waals surface area (Å²) in [4.78, 5) is 24.3. The highest BCUT2D eigenvalue weighted by atomic mass is 35.5. The van der Waals surface area contributed by atoms with E-state index < -0.39 is 5.91 Å². The van der Waals surface area contributed by atoms with Crippen LogP contribution >= 0.6 is 35.4 Å². The minimum absolute atomic E-state index is 0.0789. The van der Waals surface area contributed by atoms with Crippen LogP contribution in [0.15, 0.2) is 59.0 Å². The molecule has 0 bridgehead atoms. The second-order valence-corrected chi connectivity index (χ2v) is 8.84. The quantitative estimate of drug-likeness (QED) is 0.199. The third-order valence-corrected chi connectivity index (χ3v) is 5.99. The fourth-order valence-electron chi connectivity index (χ4n) is 3.18. The molecule has 0 aliphatic carbocycles. The first-order chi connectivity index (χ1) is 17.3. The lowest BCUT2D eigenvalue weighted by atomic mass is 10.2. The molecule has 1 aromatic heterocycles. The van der Waals surface area contributed by atoms with E-state index in [9.17, 15) is 9.59 Å². The summed E-state index contributed by atoms with van der Waals surface area (Å²) in [5.74, 6) is 0.921. The van der Waals surface area contributed by atoms with Gasteiger partial charge in [0.15, 0.2) is 5.11 Å². The zero-order valence-corrected chi connectivity index (χ0v) is 22.0. The Morgan fingerprint density at radius 3 is 2.67 bits per heavy atom. The smallest absolute Gasteiger partial charge is 0.250 e. The van der Waals surface area contributed by atoms with Crippen LogP contribution in [0.5, 0.6) is 5.75 Å². The minimum Gasteiger partial charge on any atom is -0.494 e. The van der Waals surface area contributed by atoms with Gasteiger partial charge in [0.05, 0.1) is 22.8 Å². The number of methoxy groups -OCH3 is 1. The van der Waals surface area contributed by atoms with Crippen molar-refractivity contribution in [2.75, 3.05) is 17.7 Å². The highest BCUT2D eigenvalue weighted by Gasteiger charge is 2.12. The SMILES string of the molecule is CCCCC(=O)Nc1ccc(NC(=S)NC(=O)C=Cc2ccc(-c3cccc(Cl)c3Cl)o2)cc1OC. The topological polar surface area (TPSA) is 92.6 Å². The number of thiocarbonyl (C=S) groups is 1. The van der Waals surface area contributed by atoms with Crippen molar-refractivity contribution in [3.63, 3.8) is 0 Å². The summed E-state index contributed by atoms with van der Waals surface area (Å²) in [6.07, 6.45) is 5.00. The van der Waals surface area contributed by atoms with Gasteiger partial charge in [-0.25, -0.2) is 0 Å². The van der Waals surface area contributed by atoms with E-state index in [2.05, 4.69) is 16.0 Å². The molecule has 7 nitrogen and oxygen atoms in total. The average Bonchev–Trinajstić information content (AvgIpc) is 3.32. The lowest BCUT2D eigenvalue weighted by molar-refractivity contribution is -0.116. The van der Waals surface area contributed by atoms with Crippen molar-refractivity contribution in [3.8, 4) is 17.1 Å². The molecule has 10 heteroatoms. The van der Waals surface area contributed by atoms with Crippen LogP contribution in [0.1, 0.15) is 31.9 Å². The molecule has 0 atom stereocenters. The van der Waals surface area contributed by atoms with Crippen molar-refractivity contribution in [2.45, 2.75) is 26.2 Å². The Bertz CT molecular complexity index is 1290. The largest absolute Gasteiger partial charge is 0.494 e. The molecule has 0 unspecified atom stereocenters. The lowest BCUT2D eigenvalue weighted by Crippen LogP contribution is -2.32. The maximum absolute atomic E-state index is 12.3. The Kier molecular flexibility index (Phi) is 9.93. The van der Waals surface area contributed by atoms with Crippen molar-refractivity contribution in [2.24, 2.45) is 0 Å². The van der Waals surface area contributed by atoms with Crippen molar-refractivity contribution >= 4 is 69.8 Å². The van der Waals surface area contributed by atoms with E-state index in [1.807, 2.05) is 6.92 Å². The van der Waals surface area contributed by atoms with E-state index in [0.29, 0.717) is 50.7 Å². The first-order valence-electron chi connectivity index (χ1n) is 11.1. The Morgan fingerprint density at radius 1 is 1.11 bits per heavy atom. The maximum Gasteiger partial charge on any atom is 0.250 e. The van der Waals surface area contributed by atoms with E-state index >= 15 is 0 Å². The molecule has 2 aromatic carbocycles. The number of carbonyl (C=O) groups is 2. The first-order valence-corrected chi connectivity index (χ1v) is 12.3. The summed E-state index contributed by atoms with van der Waals surface area (Å²) >= 11 is 17.5. The van der Waals surface area contributed by atoms with Gasteiger partial charge in [-0.2, -0.15) is 0 Å². The van der Waals surface area contributed by atoms with Crippen LogP contribution in [0.4, 0.5) is 11.4 Å². The van der Waals surface area contributed by atoms with E-state index in [0.717, 1.165) is 12.8 Å². The van der Waals surface area contributed by atoms with Crippen LogP contribution in [0, 0.1) is 0 Å². The number of carbonyl (C=O) groups excluding carboxylic acids is 2.